The standard InChI is InChI=1S/C14H23F7O4/c15-12(13(16,17)18,14(19,20)21)4-2-1-3-6-23-8-10-25-11-9-24-7-5-22/h22H,1-11H2. The fourth-order valence-corrected chi connectivity index (χ4v) is 1.80. The predicted octanol–water partition coefficient (Wildman–Crippen LogP) is 3.42. The van der Waals surface area contributed by atoms with Crippen LogP contribution in [0.5, 0.6) is 0 Å². The molecule has 0 unspecified atom stereocenters. The first-order valence-electron chi connectivity index (χ1n) is 7.72. The molecule has 11 heteroatoms. The second-order valence-corrected chi connectivity index (χ2v) is 5.17. The minimum absolute atomic E-state index is 0.0202. The first-order valence-corrected chi connectivity index (χ1v) is 7.72. The van der Waals surface area contributed by atoms with Crippen LogP contribution in [0.4, 0.5) is 30.7 Å². The average molecular weight is 388 g/mol. The minimum Gasteiger partial charge on any atom is -0.394 e. The summed E-state index contributed by atoms with van der Waals surface area (Å²) in [5.41, 5.74) is -5.17. The van der Waals surface area contributed by atoms with Gasteiger partial charge in [0.15, 0.2) is 0 Å². The fraction of sp³-hybridized carbons (Fsp3) is 1.00. The number of ether oxygens (including phenoxy) is 3. The molecular weight excluding hydrogens is 365 g/mol. The summed E-state index contributed by atoms with van der Waals surface area (Å²) in [6.45, 7) is 1.32. The van der Waals surface area contributed by atoms with Gasteiger partial charge in [-0.05, 0) is 19.3 Å². The highest BCUT2D eigenvalue weighted by atomic mass is 19.4. The van der Waals surface area contributed by atoms with Crippen molar-refractivity contribution in [2.45, 2.75) is 43.7 Å². The lowest BCUT2D eigenvalue weighted by Crippen LogP contribution is -2.53. The van der Waals surface area contributed by atoms with Crippen LogP contribution in [0.25, 0.3) is 0 Å². The molecule has 0 aromatic rings. The number of aliphatic hydroxyl groups excluding tert-OH is 1. The Morgan fingerprint density at radius 3 is 1.44 bits per heavy atom. The quantitative estimate of drug-likeness (QED) is 0.366. The molecule has 152 valence electrons. The Kier molecular flexibility index (Phi) is 11.6. The van der Waals surface area contributed by atoms with Gasteiger partial charge in [-0.15, -0.1) is 0 Å². The van der Waals surface area contributed by atoms with Crippen molar-refractivity contribution >= 4 is 0 Å². The highest BCUT2D eigenvalue weighted by Gasteiger charge is 2.71. The van der Waals surface area contributed by atoms with Crippen LogP contribution in [0.15, 0.2) is 0 Å². The fourth-order valence-electron chi connectivity index (χ4n) is 1.80. The molecule has 25 heavy (non-hydrogen) atoms. The maximum absolute atomic E-state index is 13.3. The molecule has 0 aliphatic carbocycles. The number of aliphatic hydroxyl groups is 1. The third-order valence-electron chi connectivity index (χ3n) is 3.19. The molecule has 1 N–H and O–H groups in total. The second-order valence-electron chi connectivity index (χ2n) is 5.17. The van der Waals surface area contributed by atoms with Crippen LogP contribution in [0.2, 0.25) is 0 Å². The molecule has 0 spiro atoms. The lowest BCUT2D eigenvalue weighted by Gasteiger charge is -2.29. The van der Waals surface area contributed by atoms with E-state index in [1.54, 1.807) is 0 Å². The van der Waals surface area contributed by atoms with Crippen molar-refractivity contribution in [1.82, 2.24) is 0 Å². The smallest absolute Gasteiger partial charge is 0.394 e. The topological polar surface area (TPSA) is 47.9 Å². The lowest BCUT2D eigenvalue weighted by molar-refractivity contribution is -0.343. The summed E-state index contributed by atoms with van der Waals surface area (Å²) >= 11 is 0. The van der Waals surface area contributed by atoms with E-state index in [2.05, 4.69) is 0 Å². The van der Waals surface area contributed by atoms with Gasteiger partial charge in [0, 0.05) is 6.61 Å². The van der Waals surface area contributed by atoms with Gasteiger partial charge in [0.05, 0.1) is 39.6 Å². The first-order chi connectivity index (χ1) is 11.6. The number of halogens is 7. The summed E-state index contributed by atoms with van der Waals surface area (Å²) in [7, 11) is 0. The van der Waals surface area contributed by atoms with E-state index in [0.717, 1.165) is 0 Å². The number of unbranched alkanes of at least 4 members (excludes halogenated alkanes) is 2. The third kappa shape index (κ3) is 9.57. The van der Waals surface area contributed by atoms with Crippen molar-refractivity contribution < 1.29 is 50.1 Å². The van der Waals surface area contributed by atoms with E-state index in [-0.39, 0.29) is 45.9 Å². The van der Waals surface area contributed by atoms with Crippen molar-refractivity contribution in [2.75, 3.05) is 46.2 Å². The zero-order valence-electron chi connectivity index (χ0n) is 13.6. The molecule has 0 aromatic heterocycles. The zero-order chi connectivity index (χ0) is 19.4. The van der Waals surface area contributed by atoms with E-state index >= 15 is 0 Å². The molecule has 0 bridgehead atoms. The van der Waals surface area contributed by atoms with Gasteiger partial charge in [-0.2, -0.15) is 26.3 Å². The summed E-state index contributed by atoms with van der Waals surface area (Å²) in [4.78, 5) is 0. The summed E-state index contributed by atoms with van der Waals surface area (Å²) in [5, 5.41) is 8.43. The SMILES string of the molecule is OCCOCCOCCOCCCCCC(F)(C(F)(F)F)C(F)(F)F. The number of hydrogen-bond donors (Lipinski definition) is 1. The van der Waals surface area contributed by atoms with Crippen LogP contribution in [0.3, 0.4) is 0 Å². The average Bonchev–Trinajstić information content (AvgIpc) is 2.49. The predicted molar refractivity (Wildman–Crippen MR) is 74.0 cm³/mol. The van der Waals surface area contributed by atoms with Gasteiger partial charge in [-0.3, -0.25) is 0 Å². The van der Waals surface area contributed by atoms with Crippen molar-refractivity contribution in [1.29, 1.82) is 0 Å². The van der Waals surface area contributed by atoms with Gasteiger partial charge in [0.1, 0.15) is 0 Å². The van der Waals surface area contributed by atoms with Gasteiger partial charge < -0.3 is 19.3 Å². The maximum Gasteiger partial charge on any atom is 0.431 e. The third-order valence-corrected chi connectivity index (χ3v) is 3.19. The molecule has 0 saturated heterocycles. The molecule has 0 aliphatic rings. The number of rotatable bonds is 14. The molecule has 0 heterocycles. The Bertz CT molecular complexity index is 320. The molecule has 0 fully saturated rings. The Morgan fingerprint density at radius 2 is 1.00 bits per heavy atom. The van der Waals surface area contributed by atoms with E-state index in [9.17, 15) is 30.7 Å². The van der Waals surface area contributed by atoms with Gasteiger partial charge >= 0.3 is 12.4 Å². The van der Waals surface area contributed by atoms with Crippen LogP contribution in [0, 0.1) is 0 Å². The van der Waals surface area contributed by atoms with Crippen molar-refractivity contribution in [3.8, 4) is 0 Å². The van der Waals surface area contributed by atoms with E-state index in [4.69, 9.17) is 19.3 Å². The minimum atomic E-state index is -5.99. The van der Waals surface area contributed by atoms with Crippen molar-refractivity contribution in [3.63, 3.8) is 0 Å². The Balaban J connectivity index is 3.69. The van der Waals surface area contributed by atoms with Gasteiger partial charge in [0.25, 0.3) is 5.67 Å². The van der Waals surface area contributed by atoms with Crippen LogP contribution in [-0.4, -0.2) is 69.4 Å². The van der Waals surface area contributed by atoms with E-state index in [1.165, 1.54) is 0 Å². The molecule has 0 amide bonds. The number of alkyl halides is 7. The van der Waals surface area contributed by atoms with Gasteiger partial charge in [-0.1, -0.05) is 6.42 Å². The molecule has 0 aromatic carbocycles. The highest BCUT2D eigenvalue weighted by Crippen LogP contribution is 2.49. The summed E-state index contributed by atoms with van der Waals surface area (Å²) in [6.07, 6.45) is -14.0. The van der Waals surface area contributed by atoms with Crippen molar-refractivity contribution in [2.24, 2.45) is 0 Å². The molecule has 4 nitrogen and oxygen atoms in total. The molecule has 0 atom stereocenters. The summed E-state index contributed by atoms with van der Waals surface area (Å²) in [6, 6.07) is 0. The second kappa shape index (κ2) is 11.9. The van der Waals surface area contributed by atoms with E-state index in [1.807, 2.05) is 0 Å². The normalized spacial score (nSPS) is 13.4. The molecule has 0 saturated carbocycles. The van der Waals surface area contributed by atoms with Crippen LogP contribution >= 0.6 is 0 Å². The highest BCUT2D eigenvalue weighted by molar-refractivity contribution is 4.94. The molecule has 0 radical (unpaired) electrons. The van der Waals surface area contributed by atoms with Crippen LogP contribution in [-0.2, 0) is 14.2 Å². The largest absolute Gasteiger partial charge is 0.431 e. The Labute approximate surface area is 141 Å². The van der Waals surface area contributed by atoms with E-state index in [0.29, 0.717) is 13.2 Å². The Morgan fingerprint density at radius 1 is 0.560 bits per heavy atom. The summed E-state index contributed by atoms with van der Waals surface area (Å²) < 4.78 is 102. The van der Waals surface area contributed by atoms with Crippen LogP contribution in [0.1, 0.15) is 25.7 Å². The van der Waals surface area contributed by atoms with Gasteiger partial charge in [-0.25, -0.2) is 4.39 Å². The van der Waals surface area contributed by atoms with Crippen LogP contribution < -0.4 is 0 Å². The maximum atomic E-state index is 13.3. The first kappa shape index (κ1) is 24.4. The molecule has 0 rings (SSSR count). The van der Waals surface area contributed by atoms with E-state index < -0.39 is 30.9 Å². The molecule has 0 aliphatic heterocycles. The zero-order valence-corrected chi connectivity index (χ0v) is 13.6. The van der Waals surface area contributed by atoms with Crippen molar-refractivity contribution in [3.05, 3.63) is 0 Å². The lowest BCUT2D eigenvalue weighted by atomic mass is 9.96. The van der Waals surface area contributed by atoms with Gasteiger partial charge in [0.2, 0.25) is 0 Å². The Hall–Kier alpha value is -0.650. The monoisotopic (exact) mass is 388 g/mol. The molecular formula is C14H23F7O4. The number of hydrogen-bond acceptors (Lipinski definition) is 4. The summed E-state index contributed by atoms with van der Waals surface area (Å²) in [5.74, 6) is 0.